The molecule has 0 spiro atoms. The summed E-state index contributed by atoms with van der Waals surface area (Å²) in [6.45, 7) is -0.0155. The van der Waals surface area contributed by atoms with E-state index >= 15 is 0 Å². The molecule has 0 bridgehead atoms. The third kappa shape index (κ3) is 3.72. The Morgan fingerprint density at radius 2 is 1.78 bits per heavy atom. The molecule has 0 aromatic heterocycles. The third-order valence-corrected chi connectivity index (χ3v) is 3.71. The van der Waals surface area contributed by atoms with Crippen molar-refractivity contribution in [2.75, 3.05) is 20.1 Å². The van der Waals surface area contributed by atoms with E-state index in [1.165, 1.54) is 11.3 Å². The highest BCUT2D eigenvalue weighted by atomic mass is 16.2. The summed E-state index contributed by atoms with van der Waals surface area (Å²) in [6.07, 6.45) is 5.84. The van der Waals surface area contributed by atoms with Gasteiger partial charge in [0.2, 0.25) is 5.91 Å². The number of nitrogens with one attached hydrogen (secondary N) is 1. The maximum atomic E-state index is 12.1. The molecule has 18 heavy (non-hydrogen) atoms. The molecule has 0 atom stereocenters. The Hall–Kier alpha value is -1.59. The van der Waals surface area contributed by atoms with Gasteiger partial charge in [-0.15, -0.1) is 0 Å². The quantitative estimate of drug-likeness (QED) is 0.741. The normalized spacial score (nSPS) is 17.5. The predicted octanol–water partition coefficient (Wildman–Crippen LogP) is 1.17. The summed E-state index contributed by atoms with van der Waals surface area (Å²) in [4.78, 5) is 13.5. The van der Waals surface area contributed by atoms with Gasteiger partial charge >= 0.3 is 0 Å². The first-order valence-electron chi connectivity index (χ1n) is 6.38. The molecule has 0 aromatic rings. The topological polar surface area (TPSA) is 79.9 Å². The molecule has 1 aliphatic carbocycles. The number of hydrogen-bond donors (Lipinski definition) is 1. The number of nitriles is 2. The first-order valence-corrected chi connectivity index (χ1v) is 6.38. The molecule has 1 fully saturated rings. The minimum absolute atomic E-state index is 0.00775. The van der Waals surface area contributed by atoms with Crippen molar-refractivity contribution < 1.29 is 4.79 Å². The Morgan fingerprint density at radius 1 is 1.22 bits per heavy atom. The van der Waals surface area contributed by atoms with Crippen LogP contribution in [0, 0.1) is 22.7 Å². The SMILES string of the molecule is CNC1(CC(=O)N(CC#N)CC#N)CCCCC1. The molecule has 0 aromatic carbocycles. The minimum Gasteiger partial charge on any atom is -0.316 e. The molecule has 1 saturated carbocycles. The van der Waals surface area contributed by atoms with Gasteiger partial charge in [0.1, 0.15) is 13.1 Å². The van der Waals surface area contributed by atoms with Gasteiger partial charge in [-0.2, -0.15) is 10.5 Å². The molecule has 0 aliphatic heterocycles. The molecule has 5 nitrogen and oxygen atoms in total. The largest absolute Gasteiger partial charge is 0.316 e. The van der Waals surface area contributed by atoms with E-state index in [0.717, 1.165) is 25.7 Å². The average molecular weight is 248 g/mol. The van der Waals surface area contributed by atoms with Gasteiger partial charge in [0.05, 0.1) is 12.1 Å². The smallest absolute Gasteiger partial charge is 0.226 e. The van der Waals surface area contributed by atoms with Crippen molar-refractivity contribution in [1.29, 1.82) is 10.5 Å². The predicted molar refractivity (Wildman–Crippen MR) is 67.3 cm³/mol. The fourth-order valence-corrected chi connectivity index (χ4v) is 2.55. The standard InChI is InChI=1S/C13H20N4O/c1-16-13(5-3-2-4-6-13)11-12(18)17(9-7-14)10-8-15/h16H,2-6,9-11H2,1H3. The van der Waals surface area contributed by atoms with Crippen molar-refractivity contribution in [3.8, 4) is 12.1 Å². The second-order valence-corrected chi connectivity index (χ2v) is 4.83. The Bertz CT molecular complexity index is 344. The van der Waals surface area contributed by atoms with E-state index in [1.807, 2.05) is 19.2 Å². The van der Waals surface area contributed by atoms with Crippen LogP contribution in [-0.2, 0) is 4.79 Å². The van der Waals surface area contributed by atoms with Crippen molar-refractivity contribution in [2.45, 2.75) is 44.1 Å². The van der Waals surface area contributed by atoms with Crippen LogP contribution in [0.3, 0.4) is 0 Å². The molecule has 98 valence electrons. The van der Waals surface area contributed by atoms with Crippen LogP contribution in [0.15, 0.2) is 0 Å². The molecule has 0 heterocycles. The highest BCUT2D eigenvalue weighted by Gasteiger charge is 2.33. The van der Waals surface area contributed by atoms with Crippen LogP contribution in [0.2, 0.25) is 0 Å². The molecule has 1 N–H and O–H groups in total. The molecule has 0 radical (unpaired) electrons. The summed E-state index contributed by atoms with van der Waals surface area (Å²) in [7, 11) is 1.89. The Labute approximate surface area is 108 Å². The van der Waals surface area contributed by atoms with Crippen molar-refractivity contribution in [1.82, 2.24) is 10.2 Å². The van der Waals surface area contributed by atoms with Gasteiger partial charge in [-0.1, -0.05) is 19.3 Å². The summed E-state index contributed by atoms with van der Waals surface area (Å²) in [5.74, 6) is -0.102. The van der Waals surface area contributed by atoms with E-state index in [4.69, 9.17) is 10.5 Å². The fraction of sp³-hybridized carbons (Fsp3) is 0.769. The van der Waals surface area contributed by atoms with E-state index in [9.17, 15) is 4.79 Å². The van der Waals surface area contributed by atoms with Crippen molar-refractivity contribution in [2.24, 2.45) is 0 Å². The zero-order valence-corrected chi connectivity index (χ0v) is 10.9. The molecule has 1 aliphatic rings. The summed E-state index contributed by atoms with van der Waals surface area (Å²) in [5, 5.41) is 20.6. The molecular formula is C13H20N4O. The van der Waals surface area contributed by atoms with Crippen LogP contribution >= 0.6 is 0 Å². The highest BCUT2D eigenvalue weighted by Crippen LogP contribution is 2.31. The van der Waals surface area contributed by atoms with Gasteiger partial charge in [-0.25, -0.2) is 0 Å². The molecule has 0 saturated heterocycles. The Kier molecular flexibility index (Phi) is 5.61. The minimum atomic E-state index is -0.140. The Morgan fingerprint density at radius 3 is 2.22 bits per heavy atom. The van der Waals surface area contributed by atoms with Crippen LogP contribution in [0.4, 0.5) is 0 Å². The molecule has 1 amide bonds. The summed E-state index contributed by atoms with van der Waals surface area (Å²) < 4.78 is 0. The van der Waals surface area contributed by atoms with Gasteiger partial charge < -0.3 is 10.2 Å². The van der Waals surface area contributed by atoms with Crippen LogP contribution in [-0.4, -0.2) is 36.5 Å². The van der Waals surface area contributed by atoms with E-state index in [-0.39, 0.29) is 24.5 Å². The van der Waals surface area contributed by atoms with E-state index in [2.05, 4.69) is 5.32 Å². The van der Waals surface area contributed by atoms with Crippen molar-refractivity contribution in [3.05, 3.63) is 0 Å². The Balaban J connectivity index is 2.65. The summed E-state index contributed by atoms with van der Waals surface area (Å²) in [6, 6.07) is 3.87. The molecule has 5 heteroatoms. The fourth-order valence-electron chi connectivity index (χ4n) is 2.55. The summed E-state index contributed by atoms with van der Waals surface area (Å²) >= 11 is 0. The van der Waals surface area contributed by atoms with E-state index in [0.29, 0.717) is 6.42 Å². The lowest BCUT2D eigenvalue weighted by molar-refractivity contribution is -0.132. The number of carbonyl (C=O) groups excluding carboxylic acids is 1. The van der Waals surface area contributed by atoms with Gasteiger partial charge in [0, 0.05) is 12.0 Å². The lowest BCUT2D eigenvalue weighted by Gasteiger charge is -2.37. The van der Waals surface area contributed by atoms with E-state index in [1.54, 1.807) is 0 Å². The maximum absolute atomic E-state index is 12.1. The van der Waals surface area contributed by atoms with E-state index < -0.39 is 0 Å². The van der Waals surface area contributed by atoms with Crippen LogP contribution in [0.1, 0.15) is 38.5 Å². The maximum Gasteiger partial charge on any atom is 0.226 e. The van der Waals surface area contributed by atoms with Gasteiger partial charge in [-0.05, 0) is 19.9 Å². The second-order valence-electron chi connectivity index (χ2n) is 4.83. The molecule has 0 unspecified atom stereocenters. The van der Waals surface area contributed by atoms with Crippen LogP contribution in [0.25, 0.3) is 0 Å². The number of carbonyl (C=O) groups is 1. The lowest BCUT2D eigenvalue weighted by atomic mass is 9.79. The molecular weight excluding hydrogens is 228 g/mol. The first kappa shape index (κ1) is 14.5. The zero-order valence-electron chi connectivity index (χ0n) is 10.9. The molecule has 1 rings (SSSR count). The lowest BCUT2D eigenvalue weighted by Crippen LogP contribution is -2.49. The summed E-state index contributed by atoms with van der Waals surface area (Å²) in [5.41, 5.74) is -0.140. The van der Waals surface area contributed by atoms with Crippen molar-refractivity contribution >= 4 is 5.91 Å². The zero-order chi connectivity index (χ0) is 13.4. The first-order chi connectivity index (χ1) is 8.67. The van der Waals surface area contributed by atoms with Gasteiger partial charge in [-0.3, -0.25) is 4.79 Å². The van der Waals surface area contributed by atoms with Crippen LogP contribution < -0.4 is 5.32 Å². The monoisotopic (exact) mass is 248 g/mol. The average Bonchev–Trinajstić information content (AvgIpc) is 2.39. The number of nitrogens with zero attached hydrogens (tertiary/aromatic N) is 3. The number of rotatable bonds is 5. The number of hydrogen-bond acceptors (Lipinski definition) is 4. The third-order valence-electron chi connectivity index (χ3n) is 3.71. The van der Waals surface area contributed by atoms with Gasteiger partial charge in [0.25, 0.3) is 0 Å². The van der Waals surface area contributed by atoms with Crippen molar-refractivity contribution in [3.63, 3.8) is 0 Å². The van der Waals surface area contributed by atoms with Crippen LogP contribution in [0.5, 0.6) is 0 Å². The second kappa shape index (κ2) is 6.98. The van der Waals surface area contributed by atoms with Gasteiger partial charge in [0.15, 0.2) is 0 Å². The highest BCUT2D eigenvalue weighted by molar-refractivity contribution is 5.78. The number of amides is 1.